The minimum Gasteiger partial charge on any atom is -0.354 e. The molecule has 5 nitrogen and oxygen atoms in total. The number of thioether (sulfide) groups is 1. The van der Waals surface area contributed by atoms with Crippen LogP contribution in [0.2, 0.25) is 0 Å². The summed E-state index contributed by atoms with van der Waals surface area (Å²) < 4.78 is 0. The Morgan fingerprint density at radius 3 is 2.34 bits per heavy atom. The summed E-state index contributed by atoms with van der Waals surface area (Å²) in [6.45, 7) is 0.564. The van der Waals surface area contributed by atoms with Gasteiger partial charge < -0.3 is 5.32 Å². The van der Waals surface area contributed by atoms with Crippen LogP contribution < -0.4 is 5.32 Å². The number of benzene rings is 1. The molecule has 1 aromatic rings. The molecule has 6 heteroatoms. The molecular formula is C23H26N2O3S. The van der Waals surface area contributed by atoms with E-state index >= 15 is 0 Å². The maximum Gasteiger partial charge on any atom is 0.293 e. The Morgan fingerprint density at radius 2 is 1.69 bits per heavy atom. The van der Waals surface area contributed by atoms with Crippen molar-refractivity contribution in [1.82, 2.24) is 10.2 Å². The van der Waals surface area contributed by atoms with Gasteiger partial charge in [-0.2, -0.15) is 0 Å². The zero-order valence-corrected chi connectivity index (χ0v) is 17.2. The Bertz CT molecular complexity index is 838. The van der Waals surface area contributed by atoms with Gasteiger partial charge in [0, 0.05) is 19.0 Å². The molecule has 0 atom stereocenters. The largest absolute Gasteiger partial charge is 0.354 e. The van der Waals surface area contributed by atoms with E-state index in [1.807, 2.05) is 30.3 Å². The van der Waals surface area contributed by atoms with Crippen LogP contribution in [0, 0.1) is 29.6 Å². The highest BCUT2D eigenvalue weighted by molar-refractivity contribution is 8.18. The third-order valence-electron chi connectivity index (χ3n) is 7.14. The Labute approximate surface area is 175 Å². The lowest BCUT2D eigenvalue weighted by Gasteiger charge is -2.53. The number of nitrogens with zero attached hydrogens (tertiary/aromatic N) is 1. The Balaban J connectivity index is 1.17. The fourth-order valence-electron chi connectivity index (χ4n) is 6.16. The van der Waals surface area contributed by atoms with Gasteiger partial charge in [0.15, 0.2) is 0 Å². The minimum absolute atomic E-state index is 0.130. The van der Waals surface area contributed by atoms with Gasteiger partial charge in [-0.1, -0.05) is 30.3 Å². The van der Waals surface area contributed by atoms with Gasteiger partial charge in [-0.15, -0.1) is 0 Å². The lowest BCUT2D eigenvalue weighted by atomic mass is 9.51. The molecule has 6 rings (SSSR count). The van der Waals surface area contributed by atoms with Crippen molar-refractivity contribution in [2.45, 2.75) is 32.1 Å². The van der Waals surface area contributed by atoms with Crippen LogP contribution >= 0.6 is 11.8 Å². The number of carbonyl (C=O) groups excluding carboxylic acids is 3. The first-order valence-corrected chi connectivity index (χ1v) is 11.5. The van der Waals surface area contributed by atoms with Crippen molar-refractivity contribution < 1.29 is 14.4 Å². The summed E-state index contributed by atoms with van der Waals surface area (Å²) in [5.74, 6) is 2.75. The number of hydrogen-bond acceptors (Lipinski definition) is 4. The smallest absolute Gasteiger partial charge is 0.293 e. The summed E-state index contributed by atoms with van der Waals surface area (Å²) in [7, 11) is 0. The van der Waals surface area contributed by atoms with Gasteiger partial charge in [-0.3, -0.25) is 19.3 Å². The first-order valence-electron chi connectivity index (χ1n) is 10.7. The third kappa shape index (κ3) is 3.63. The Morgan fingerprint density at radius 1 is 1.03 bits per heavy atom. The van der Waals surface area contributed by atoms with Crippen molar-refractivity contribution in [1.29, 1.82) is 0 Å². The van der Waals surface area contributed by atoms with Gasteiger partial charge in [0.2, 0.25) is 5.91 Å². The Hall–Kier alpha value is -2.08. The minimum atomic E-state index is -0.271. The fourth-order valence-corrected chi connectivity index (χ4v) is 7.02. The Kier molecular flexibility index (Phi) is 4.98. The molecule has 1 heterocycles. The van der Waals surface area contributed by atoms with E-state index in [2.05, 4.69) is 5.32 Å². The highest BCUT2D eigenvalue weighted by Crippen LogP contribution is 2.56. The molecule has 3 amide bonds. The van der Waals surface area contributed by atoms with Crippen molar-refractivity contribution in [2.75, 3.05) is 13.1 Å². The summed E-state index contributed by atoms with van der Waals surface area (Å²) in [5.41, 5.74) is 0.896. The van der Waals surface area contributed by atoms with Crippen LogP contribution in [0.4, 0.5) is 4.79 Å². The summed E-state index contributed by atoms with van der Waals surface area (Å²) >= 11 is 0.968. The molecule has 4 saturated carbocycles. The topological polar surface area (TPSA) is 66.5 Å². The molecule has 29 heavy (non-hydrogen) atoms. The molecule has 4 aliphatic carbocycles. The quantitative estimate of drug-likeness (QED) is 0.748. The molecule has 1 aromatic carbocycles. The van der Waals surface area contributed by atoms with Crippen LogP contribution in [0.5, 0.6) is 0 Å². The van der Waals surface area contributed by atoms with Gasteiger partial charge in [-0.05, 0) is 79.2 Å². The molecule has 0 radical (unpaired) electrons. The van der Waals surface area contributed by atoms with Gasteiger partial charge in [0.05, 0.1) is 4.91 Å². The van der Waals surface area contributed by atoms with Crippen molar-refractivity contribution in [3.05, 3.63) is 40.8 Å². The predicted molar refractivity (Wildman–Crippen MR) is 113 cm³/mol. The average Bonchev–Trinajstić information content (AvgIpc) is 2.95. The van der Waals surface area contributed by atoms with E-state index in [1.165, 1.54) is 37.0 Å². The number of carbonyl (C=O) groups is 3. The van der Waals surface area contributed by atoms with Crippen LogP contribution in [0.15, 0.2) is 35.2 Å². The fraction of sp³-hybridized carbons (Fsp3) is 0.522. The van der Waals surface area contributed by atoms with Crippen molar-refractivity contribution in [3.8, 4) is 0 Å². The zero-order chi connectivity index (χ0) is 20.0. The molecule has 0 aromatic heterocycles. The molecule has 1 aliphatic heterocycles. The van der Waals surface area contributed by atoms with Crippen molar-refractivity contribution >= 4 is 34.9 Å². The number of nitrogens with one attached hydrogen (secondary N) is 1. The molecule has 0 spiro atoms. The summed E-state index contributed by atoms with van der Waals surface area (Å²) in [4.78, 5) is 39.4. The standard InChI is InChI=1S/C23H26N2O3S/c26-21(20-17-9-15-8-16(11-17)12-18(20)10-15)24-6-7-25-22(27)19(29-23(25)28)13-14-4-2-1-3-5-14/h1-5,13,15-18,20H,6-12H2,(H,24,26)/b19-13+. The molecular weight excluding hydrogens is 384 g/mol. The van der Waals surface area contributed by atoms with E-state index in [0.29, 0.717) is 23.3 Å². The van der Waals surface area contributed by atoms with Gasteiger partial charge >= 0.3 is 0 Å². The van der Waals surface area contributed by atoms with E-state index in [0.717, 1.165) is 29.2 Å². The van der Waals surface area contributed by atoms with Crippen LogP contribution in [0.1, 0.15) is 37.7 Å². The molecule has 5 fully saturated rings. The molecule has 0 unspecified atom stereocenters. The molecule has 152 valence electrons. The SMILES string of the molecule is O=C(NCCN1C(=O)S/C(=C/c2ccccc2)C1=O)C1C2CC3CC(C2)CC1C3. The zero-order valence-electron chi connectivity index (χ0n) is 16.4. The number of hydrogen-bond donors (Lipinski definition) is 1. The van der Waals surface area contributed by atoms with Crippen LogP contribution in [0.3, 0.4) is 0 Å². The van der Waals surface area contributed by atoms with Crippen LogP contribution in [-0.2, 0) is 9.59 Å². The third-order valence-corrected chi connectivity index (χ3v) is 8.04. The van der Waals surface area contributed by atoms with Gasteiger partial charge in [0.25, 0.3) is 11.1 Å². The van der Waals surface area contributed by atoms with Crippen molar-refractivity contribution in [2.24, 2.45) is 29.6 Å². The monoisotopic (exact) mass is 410 g/mol. The van der Waals surface area contributed by atoms with Gasteiger partial charge in [-0.25, -0.2) is 0 Å². The second-order valence-corrected chi connectivity index (χ2v) is 9.98. The van der Waals surface area contributed by atoms with E-state index in [4.69, 9.17) is 0 Å². The average molecular weight is 411 g/mol. The highest BCUT2D eigenvalue weighted by atomic mass is 32.2. The molecule has 4 bridgehead atoms. The maximum absolute atomic E-state index is 12.9. The van der Waals surface area contributed by atoms with Crippen molar-refractivity contribution in [3.63, 3.8) is 0 Å². The first-order chi connectivity index (χ1) is 14.1. The van der Waals surface area contributed by atoms with E-state index in [1.54, 1.807) is 6.08 Å². The van der Waals surface area contributed by atoms with Crippen LogP contribution in [-0.4, -0.2) is 35.0 Å². The number of amides is 3. The molecule has 1 saturated heterocycles. The molecule has 5 aliphatic rings. The second-order valence-electron chi connectivity index (χ2n) is 8.99. The van der Waals surface area contributed by atoms with E-state index < -0.39 is 0 Å². The summed E-state index contributed by atoms with van der Waals surface area (Å²) in [6.07, 6.45) is 7.95. The molecule has 1 N–H and O–H groups in total. The number of rotatable bonds is 5. The lowest BCUT2D eigenvalue weighted by Crippen LogP contribution is -2.51. The first kappa shape index (κ1) is 18.9. The van der Waals surface area contributed by atoms with Gasteiger partial charge in [0.1, 0.15) is 0 Å². The summed E-state index contributed by atoms with van der Waals surface area (Å²) in [5, 5.41) is 2.77. The predicted octanol–water partition coefficient (Wildman–Crippen LogP) is 3.91. The van der Waals surface area contributed by atoms with E-state index in [-0.39, 0.29) is 29.5 Å². The maximum atomic E-state index is 12.9. The lowest BCUT2D eigenvalue weighted by molar-refractivity contribution is -0.138. The highest BCUT2D eigenvalue weighted by Gasteiger charge is 2.50. The normalized spacial score (nSPS) is 34.3. The summed E-state index contributed by atoms with van der Waals surface area (Å²) in [6, 6.07) is 9.51. The number of imide groups is 1. The van der Waals surface area contributed by atoms with E-state index in [9.17, 15) is 14.4 Å². The van der Waals surface area contributed by atoms with Crippen LogP contribution in [0.25, 0.3) is 6.08 Å². The second kappa shape index (κ2) is 7.63.